The molecule has 0 saturated carbocycles. The van der Waals surface area contributed by atoms with Crippen LogP contribution in [0, 0.1) is 6.92 Å². The maximum absolute atomic E-state index is 12.0. The molecule has 0 fully saturated rings. The third-order valence-corrected chi connectivity index (χ3v) is 4.92. The smallest absolute Gasteiger partial charge is 0.342 e. The number of aromatic hydroxyl groups is 1. The van der Waals surface area contributed by atoms with Crippen molar-refractivity contribution in [3.8, 4) is 5.75 Å². The number of phenols is 1. The lowest BCUT2D eigenvalue weighted by atomic mass is 9.89. The third kappa shape index (κ3) is 6.56. The summed E-state index contributed by atoms with van der Waals surface area (Å²) in [6.45, 7) is 11.9. The van der Waals surface area contributed by atoms with Crippen LogP contribution in [0.15, 0.2) is 11.6 Å². The lowest BCUT2D eigenvalue weighted by Crippen LogP contribution is -2.14. The van der Waals surface area contributed by atoms with Crippen molar-refractivity contribution in [3.63, 3.8) is 0 Å². The fourth-order valence-corrected chi connectivity index (χ4v) is 3.44. The quantitative estimate of drug-likeness (QED) is 0.225. The van der Waals surface area contributed by atoms with Crippen LogP contribution in [-0.4, -0.2) is 40.6 Å². The molecule has 6 nitrogen and oxygen atoms in total. The second-order valence-corrected chi connectivity index (χ2v) is 7.71. The zero-order valence-corrected chi connectivity index (χ0v) is 18.5. The van der Waals surface area contributed by atoms with E-state index in [0.717, 1.165) is 54.6 Å². The van der Waals surface area contributed by atoms with Crippen LogP contribution in [0.3, 0.4) is 0 Å². The van der Waals surface area contributed by atoms with Crippen molar-refractivity contribution in [2.24, 2.45) is 0 Å². The van der Waals surface area contributed by atoms with Gasteiger partial charge in [0, 0.05) is 17.8 Å². The van der Waals surface area contributed by atoms with E-state index in [0.29, 0.717) is 12.0 Å². The first-order valence-electron chi connectivity index (χ1n) is 9.81. The van der Waals surface area contributed by atoms with Gasteiger partial charge in [0.05, 0.1) is 0 Å². The molecule has 2 rings (SSSR count). The molecule has 0 atom stereocenters. The molecule has 0 radical (unpaired) electrons. The Bertz CT molecular complexity index is 698. The van der Waals surface area contributed by atoms with Crippen molar-refractivity contribution in [1.29, 1.82) is 0 Å². The van der Waals surface area contributed by atoms with Gasteiger partial charge in [-0.3, -0.25) is 0 Å². The molecule has 0 amide bonds. The summed E-state index contributed by atoms with van der Waals surface area (Å²) in [6, 6.07) is 0. The van der Waals surface area contributed by atoms with Gasteiger partial charge in [0.1, 0.15) is 17.9 Å². The van der Waals surface area contributed by atoms with E-state index in [2.05, 4.69) is 32.2 Å². The summed E-state index contributed by atoms with van der Waals surface area (Å²) in [6.07, 6.45) is 5.71. The number of cyclic esters (lactones) is 1. The number of ether oxygens (including phenoxy) is 1. The van der Waals surface area contributed by atoms with E-state index in [-0.39, 0.29) is 12.4 Å². The Morgan fingerprint density at radius 1 is 1.25 bits per heavy atom. The van der Waals surface area contributed by atoms with Crippen molar-refractivity contribution in [2.45, 2.75) is 60.0 Å². The Labute approximate surface area is 169 Å². The normalized spacial score (nSPS) is 13.3. The Morgan fingerprint density at radius 2 is 1.89 bits per heavy atom. The van der Waals surface area contributed by atoms with Crippen LogP contribution in [0.25, 0.3) is 0 Å². The Hall–Kier alpha value is -1.46. The molecule has 1 aliphatic heterocycles. The summed E-state index contributed by atoms with van der Waals surface area (Å²) in [7, 11) is -1.62. The van der Waals surface area contributed by atoms with Gasteiger partial charge in [-0.05, 0) is 56.8 Å². The number of phenolic OH excluding ortho intramolecular Hbond substituents is 1. The predicted octanol–water partition coefficient (Wildman–Crippen LogP) is 3.72. The largest absolute Gasteiger partial charge is 0.507 e. The molecule has 158 valence electrons. The van der Waals surface area contributed by atoms with Crippen molar-refractivity contribution < 1.29 is 24.4 Å². The Kier molecular flexibility index (Phi) is 10.7. The first kappa shape index (κ1) is 24.6. The molecule has 0 bridgehead atoms. The maximum Gasteiger partial charge on any atom is 0.342 e. The van der Waals surface area contributed by atoms with Crippen molar-refractivity contribution in [2.75, 3.05) is 19.8 Å². The molecular weight excluding hydrogens is 377 g/mol. The number of carbonyl (C=O) groups is 1. The van der Waals surface area contributed by atoms with Gasteiger partial charge in [0.15, 0.2) is 8.38 Å². The lowest BCUT2D eigenvalue weighted by Gasteiger charge is -2.16. The zero-order valence-electron chi connectivity index (χ0n) is 17.6. The van der Waals surface area contributed by atoms with E-state index in [1.165, 1.54) is 12.2 Å². The minimum absolute atomic E-state index is 0.119. The molecule has 0 spiro atoms. The highest BCUT2D eigenvalue weighted by Gasteiger charge is 2.30. The maximum atomic E-state index is 12.0. The second kappa shape index (κ2) is 12.2. The molecule has 1 aromatic rings. The van der Waals surface area contributed by atoms with Gasteiger partial charge in [-0.15, -0.1) is 0 Å². The van der Waals surface area contributed by atoms with Crippen LogP contribution in [0.5, 0.6) is 5.75 Å². The first-order chi connectivity index (χ1) is 13.3. The van der Waals surface area contributed by atoms with E-state index >= 15 is 0 Å². The summed E-state index contributed by atoms with van der Waals surface area (Å²) < 4.78 is 5.13. The number of fused-ring (bicyclic) bond motifs is 1. The molecule has 0 unspecified atom stereocenters. The van der Waals surface area contributed by atoms with E-state index < -0.39 is 14.3 Å². The van der Waals surface area contributed by atoms with E-state index in [4.69, 9.17) is 14.5 Å². The lowest BCUT2D eigenvalue weighted by molar-refractivity contribution is 0.0533. The van der Waals surface area contributed by atoms with Crippen LogP contribution in [0.4, 0.5) is 0 Å². The van der Waals surface area contributed by atoms with Gasteiger partial charge in [-0.2, -0.15) is 0 Å². The number of hydrogen-bond acceptors (Lipinski definition) is 6. The predicted molar refractivity (Wildman–Crippen MR) is 114 cm³/mol. The molecule has 0 aliphatic carbocycles. The van der Waals surface area contributed by atoms with E-state index in [1.807, 2.05) is 6.92 Å². The summed E-state index contributed by atoms with van der Waals surface area (Å²) in [5.74, 6) is -0.283. The van der Waals surface area contributed by atoms with Gasteiger partial charge >= 0.3 is 5.97 Å². The molecule has 1 aliphatic rings. The Balaban J connectivity index is 0.000000892. The van der Waals surface area contributed by atoms with Crippen LogP contribution in [0.2, 0.25) is 0 Å². The highest BCUT2D eigenvalue weighted by atomic mass is 31.2. The average molecular weight is 411 g/mol. The summed E-state index contributed by atoms with van der Waals surface area (Å²) >= 11 is 0. The van der Waals surface area contributed by atoms with Gasteiger partial charge in [-0.1, -0.05) is 32.4 Å². The number of nitrogens with one attached hydrogen (secondary N) is 1. The fraction of sp³-hybridized carbons (Fsp3) is 0.571. The minimum atomic E-state index is -1.62. The van der Waals surface area contributed by atoms with Crippen LogP contribution in [0.1, 0.15) is 66.2 Å². The highest BCUT2D eigenvalue weighted by molar-refractivity contribution is 7.44. The Morgan fingerprint density at radius 3 is 2.43 bits per heavy atom. The van der Waals surface area contributed by atoms with Gasteiger partial charge in [-0.25, -0.2) is 4.79 Å². The molecular formula is C21H34NO5P. The topological polar surface area (TPSA) is 99.0 Å². The molecule has 4 N–H and O–H groups in total. The summed E-state index contributed by atoms with van der Waals surface area (Å²) in [4.78, 5) is 27.3. The number of esters is 1. The van der Waals surface area contributed by atoms with Crippen LogP contribution in [-0.2, 0) is 24.2 Å². The molecule has 1 aromatic carbocycles. The minimum Gasteiger partial charge on any atom is -0.507 e. The standard InChI is InChI=1S/C20H29NO3.CH5O2P/c1-5-14(10-11-21-7-3)8-9-16-15(6-2)13(4)17-12-24-20(23)18(17)19(16)22;1-4(2)3/h8,21-22H,5-7,9-12H2,1-4H3;2-3H,1H3/b14-8+;. The van der Waals surface area contributed by atoms with Crippen molar-refractivity contribution in [1.82, 2.24) is 5.32 Å². The first-order valence-corrected chi connectivity index (χ1v) is 11.5. The molecule has 7 heteroatoms. The fourth-order valence-electron chi connectivity index (χ4n) is 3.44. The summed E-state index contributed by atoms with van der Waals surface area (Å²) in [5.41, 5.74) is 5.71. The third-order valence-electron chi connectivity index (χ3n) is 4.92. The van der Waals surface area contributed by atoms with Crippen LogP contribution < -0.4 is 5.32 Å². The number of carbonyl (C=O) groups excluding carboxylic acids is 1. The van der Waals surface area contributed by atoms with Crippen molar-refractivity contribution >= 4 is 14.3 Å². The molecule has 1 heterocycles. The number of benzene rings is 1. The number of allylic oxidation sites excluding steroid dienone is 1. The second-order valence-electron chi connectivity index (χ2n) is 6.73. The van der Waals surface area contributed by atoms with Gasteiger partial charge in [0.2, 0.25) is 0 Å². The SMILES string of the molecule is CCNCC/C(=C/Cc1c(O)c2c(c(C)c1CC)COC2=O)CC.CP(O)O. The van der Waals surface area contributed by atoms with Crippen molar-refractivity contribution in [3.05, 3.63) is 39.5 Å². The van der Waals surface area contributed by atoms with Gasteiger partial charge in [0.25, 0.3) is 0 Å². The molecule has 28 heavy (non-hydrogen) atoms. The zero-order chi connectivity index (χ0) is 21.3. The number of hydrogen-bond donors (Lipinski definition) is 4. The van der Waals surface area contributed by atoms with Gasteiger partial charge < -0.3 is 24.9 Å². The van der Waals surface area contributed by atoms with Crippen LogP contribution >= 0.6 is 8.38 Å². The average Bonchev–Trinajstić information content (AvgIpc) is 3.03. The number of rotatable bonds is 8. The monoisotopic (exact) mass is 411 g/mol. The summed E-state index contributed by atoms with van der Waals surface area (Å²) in [5, 5.41) is 14.0. The molecule has 0 aromatic heterocycles. The highest BCUT2D eigenvalue weighted by Crippen LogP contribution is 2.38. The molecule has 0 saturated heterocycles. The van der Waals surface area contributed by atoms with E-state index in [9.17, 15) is 9.90 Å². The van der Waals surface area contributed by atoms with E-state index in [1.54, 1.807) is 0 Å².